The molecule has 88 valence electrons. The van der Waals surface area contributed by atoms with Gasteiger partial charge in [0.1, 0.15) is 0 Å². The lowest BCUT2D eigenvalue weighted by atomic mass is 9.97. The van der Waals surface area contributed by atoms with Gasteiger partial charge >= 0.3 is 0 Å². The van der Waals surface area contributed by atoms with E-state index in [9.17, 15) is 5.11 Å². The third-order valence-electron chi connectivity index (χ3n) is 3.03. The summed E-state index contributed by atoms with van der Waals surface area (Å²) in [5.74, 6) is 0. The van der Waals surface area contributed by atoms with Crippen LogP contribution in [0.25, 0.3) is 0 Å². The highest BCUT2D eigenvalue weighted by Gasteiger charge is 2.12. The molecule has 2 nitrogen and oxygen atoms in total. The molecule has 0 bridgehead atoms. The summed E-state index contributed by atoms with van der Waals surface area (Å²) in [6.45, 7) is 2.05. The van der Waals surface area contributed by atoms with Crippen molar-refractivity contribution in [2.24, 2.45) is 0 Å². The van der Waals surface area contributed by atoms with Gasteiger partial charge in [0.25, 0.3) is 0 Å². The molecule has 3 N–H and O–H groups in total. The number of aryl methyl sites for hydroxylation is 1. The summed E-state index contributed by atoms with van der Waals surface area (Å²) in [5.41, 5.74) is 9.65. The van der Waals surface area contributed by atoms with E-state index in [1.165, 1.54) is 5.56 Å². The molecule has 2 aromatic rings. The van der Waals surface area contributed by atoms with E-state index < -0.39 is 6.10 Å². The van der Waals surface area contributed by atoms with Gasteiger partial charge < -0.3 is 10.8 Å². The Bertz CT molecular complexity index is 508. The average molecular weight is 227 g/mol. The fraction of sp³-hybridized carbons (Fsp3) is 0.200. The summed E-state index contributed by atoms with van der Waals surface area (Å²) in [7, 11) is 0. The first kappa shape index (κ1) is 11.7. The van der Waals surface area contributed by atoms with Gasteiger partial charge in [-0.1, -0.05) is 42.5 Å². The Morgan fingerprint density at radius 1 is 1.06 bits per heavy atom. The molecule has 0 aliphatic heterocycles. The molecule has 2 aromatic carbocycles. The molecule has 0 fully saturated rings. The van der Waals surface area contributed by atoms with Crippen molar-refractivity contribution in [3.63, 3.8) is 0 Å². The predicted molar refractivity (Wildman–Crippen MR) is 70.7 cm³/mol. The SMILES string of the molecule is Cc1ccccc1CC(O)c1ccccc1N. The molecule has 2 heteroatoms. The normalized spacial score (nSPS) is 12.4. The average Bonchev–Trinajstić information content (AvgIpc) is 2.32. The molecule has 0 saturated carbocycles. The first-order chi connectivity index (χ1) is 8.18. The Morgan fingerprint density at radius 2 is 1.71 bits per heavy atom. The summed E-state index contributed by atoms with van der Waals surface area (Å²) < 4.78 is 0. The Labute approximate surface area is 102 Å². The maximum atomic E-state index is 10.2. The molecular formula is C15H17NO. The first-order valence-electron chi connectivity index (χ1n) is 5.75. The number of nitrogen functional groups attached to an aromatic ring is 1. The first-order valence-corrected chi connectivity index (χ1v) is 5.75. The van der Waals surface area contributed by atoms with E-state index in [0.29, 0.717) is 12.1 Å². The van der Waals surface area contributed by atoms with Crippen LogP contribution in [0.4, 0.5) is 5.69 Å². The summed E-state index contributed by atoms with van der Waals surface area (Å²) >= 11 is 0. The molecule has 0 aliphatic carbocycles. The summed E-state index contributed by atoms with van der Waals surface area (Å²) in [4.78, 5) is 0. The van der Waals surface area contributed by atoms with Crippen molar-refractivity contribution in [1.82, 2.24) is 0 Å². The van der Waals surface area contributed by atoms with E-state index in [1.54, 1.807) is 0 Å². The monoisotopic (exact) mass is 227 g/mol. The van der Waals surface area contributed by atoms with Crippen molar-refractivity contribution in [1.29, 1.82) is 0 Å². The van der Waals surface area contributed by atoms with Crippen molar-refractivity contribution in [3.05, 3.63) is 65.2 Å². The molecule has 0 heterocycles. The molecule has 17 heavy (non-hydrogen) atoms. The fourth-order valence-electron chi connectivity index (χ4n) is 1.97. The standard InChI is InChI=1S/C15H17NO/c1-11-6-2-3-7-12(11)10-15(17)13-8-4-5-9-14(13)16/h2-9,15,17H,10,16H2,1H3. The molecule has 0 spiro atoms. The third-order valence-corrected chi connectivity index (χ3v) is 3.03. The number of hydrogen-bond donors (Lipinski definition) is 2. The van der Waals surface area contributed by atoms with E-state index in [2.05, 4.69) is 13.0 Å². The van der Waals surface area contributed by atoms with Gasteiger partial charge in [-0.3, -0.25) is 0 Å². The van der Waals surface area contributed by atoms with Crippen molar-refractivity contribution < 1.29 is 5.11 Å². The van der Waals surface area contributed by atoms with Crippen LogP contribution in [0, 0.1) is 6.92 Å². The van der Waals surface area contributed by atoms with Crippen molar-refractivity contribution in [2.45, 2.75) is 19.4 Å². The minimum Gasteiger partial charge on any atom is -0.398 e. The smallest absolute Gasteiger partial charge is 0.0850 e. The number of benzene rings is 2. The van der Waals surface area contributed by atoms with E-state index in [4.69, 9.17) is 5.73 Å². The number of nitrogens with two attached hydrogens (primary N) is 1. The van der Waals surface area contributed by atoms with E-state index in [0.717, 1.165) is 11.1 Å². The zero-order valence-electron chi connectivity index (χ0n) is 9.93. The Balaban J connectivity index is 2.20. The Kier molecular flexibility index (Phi) is 3.45. The minimum absolute atomic E-state index is 0.544. The van der Waals surface area contributed by atoms with Gasteiger partial charge in [-0.15, -0.1) is 0 Å². The number of aliphatic hydroxyl groups excluding tert-OH is 1. The fourth-order valence-corrected chi connectivity index (χ4v) is 1.97. The van der Waals surface area contributed by atoms with Crippen LogP contribution in [-0.2, 0) is 6.42 Å². The number of para-hydroxylation sites is 1. The largest absolute Gasteiger partial charge is 0.398 e. The highest BCUT2D eigenvalue weighted by molar-refractivity contribution is 5.48. The molecule has 0 radical (unpaired) electrons. The van der Waals surface area contributed by atoms with Gasteiger partial charge in [-0.25, -0.2) is 0 Å². The van der Waals surface area contributed by atoms with Crippen molar-refractivity contribution >= 4 is 5.69 Å². The van der Waals surface area contributed by atoms with Crippen LogP contribution in [-0.4, -0.2) is 5.11 Å². The van der Waals surface area contributed by atoms with Crippen LogP contribution >= 0.6 is 0 Å². The molecule has 2 rings (SSSR count). The lowest BCUT2D eigenvalue weighted by molar-refractivity contribution is 0.179. The molecule has 1 atom stereocenters. The van der Waals surface area contributed by atoms with Crippen LogP contribution in [0.1, 0.15) is 22.8 Å². The van der Waals surface area contributed by atoms with E-state index >= 15 is 0 Å². The zero-order chi connectivity index (χ0) is 12.3. The topological polar surface area (TPSA) is 46.2 Å². The van der Waals surface area contributed by atoms with Gasteiger partial charge in [0.05, 0.1) is 6.10 Å². The van der Waals surface area contributed by atoms with Crippen molar-refractivity contribution in [2.75, 3.05) is 5.73 Å². The number of rotatable bonds is 3. The van der Waals surface area contributed by atoms with Gasteiger partial charge in [0, 0.05) is 17.7 Å². The second kappa shape index (κ2) is 5.02. The van der Waals surface area contributed by atoms with Gasteiger partial charge in [0.2, 0.25) is 0 Å². The Morgan fingerprint density at radius 3 is 2.41 bits per heavy atom. The summed E-state index contributed by atoms with van der Waals surface area (Å²) in [5, 5.41) is 10.2. The predicted octanol–water partition coefficient (Wildman–Crippen LogP) is 2.85. The van der Waals surface area contributed by atoms with Crippen LogP contribution in [0.2, 0.25) is 0 Å². The summed E-state index contributed by atoms with van der Waals surface area (Å²) in [6, 6.07) is 15.5. The summed E-state index contributed by atoms with van der Waals surface area (Å²) in [6.07, 6.45) is 0.0539. The van der Waals surface area contributed by atoms with E-state index in [1.807, 2.05) is 42.5 Å². The molecule has 0 aromatic heterocycles. The number of aliphatic hydroxyl groups is 1. The minimum atomic E-state index is -0.544. The van der Waals surface area contributed by atoms with Crippen LogP contribution < -0.4 is 5.73 Å². The second-order valence-electron chi connectivity index (χ2n) is 4.28. The maximum absolute atomic E-state index is 10.2. The van der Waals surface area contributed by atoms with Gasteiger partial charge in [-0.05, 0) is 24.1 Å². The number of anilines is 1. The second-order valence-corrected chi connectivity index (χ2v) is 4.28. The molecule has 0 aliphatic rings. The molecule has 0 amide bonds. The zero-order valence-corrected chi connectivity index (χ0v) is 9.93. The van der Waals surface area contributed by atoms with Crippen molar-refractivity contribution in [3.8, 4) is 0 Å². The lowest BCUT2D eigenvalue weighted by Crippen LogP contribution is -2.06. The maximum Gasteiger partial charge on any atom is 0.0850 e. The quantitative estimate of drug-likeness (QED) is 0.792. The number of hydrogen-bond acceptors (Lipinski definition) is 2. The van der Waals surface area contributed by atoms with Gasteiger partial charge in [0.15, 0.2) is 0 Å². The van der Waals surface area contributed by atoms with E-state index in [-0.39, 0.29) is 0 Å². The highest BCUT2D eigenvalue weighted by Crippen LogP contribution is 2.24. The highest BCUT2D eigenvalue weighted by atomic mass is 16.3. The Hall–Kier alpha value is -1.80. The molecular weight excluding hydrogens is 210 g/mol. The molecule has 1 unspecified atom stereocenters. The van der Waals surface area contributed by atoms with Gasteiger partial charge in [-0.2, -0.15) is 0 Å². The van der Waals surface area contributed by atoms with Crippen LogP contribution in [0.5, 0.6) is 0 Å². The third kappa shape index (κ3) is 2.66. The van der Waals surface area contributed by atoms with Crippen LogP contribution in [0.15, 0.2) is 48.5 Å². The molecule has 0 saturated heterocycles. The lowest BCUT2D eigenvalue weighted by Gasteiger charge is -2.14. The van der Waals surface area contributed by atoms with Crippen LogP contribution in [0.3, 0.4) is 0 Å².